The number of hydrogen-bond donors (Lipinski definition) is 0. The van der Waals surface area contributed by atoms with Gasteiger partial charge < -0.3 is 4.90 Å². The molecular weight excluding hydrogens is 331 g/mol. The molecule has 0 radical (unpaired) electrons. The first-order valence-electron chi connectivity index (χ1n) is 7.16. The Bertz CT molecular complexity index is 679. The summed E-state index contributed by atoms with van der Waals surface area (Å²) in [6.45, 7) is 1.64. The summed E-state index contributed by atoms with van der Waals surface area (Å²) in [7, 11) is -3.26. The zero-order chi connectivity index (χ0) is 17.4. The van der Waals surface area contributed by atoms with Crippen LogP contribution in [-0.4, -0.2) is 43.3 Å². The molecule has 1 fully saturated rings. The third-order valence-electron chi connectivity index (χ3n) is 3.65. The van der Waals surface area contributed by atoms with Crippen LogP contribution in [-0.2, 0) is 16.0 Å². The molecule has 1 saturated carbocycles. The zero-order valence-electron chi connectivity index (χ0n) is 12.8. The first-order chi connectivity index (χ1) is 10.5. The summed E-state index contributed by atoms with van der Waals surface area (Å²) in [5, 5.41) is 0. The number of sulfone groups is 1. The molecule has 0 unspecified atom stereocenters. The predicted octanol–water partition coefficient (Wildman–Crippen LogP) is 2.74. The lowest BCUT2D eigenvalue weighted by Gasteiger charge is -2.29. The van der Waals surface area contributed by atoms with Crippen molar-refractivity contribution in [3.8, 4) is 0 Å². The minimum absolute atomic E-state index is 0.0402. The molecule has 1 aromatic carbocycles. The van der Waals surface area contributed by atoms with E-state index in [0.717, 1.165) is 43.4 Å². The summed E-state index contributed by atoms with van der Waals surface area (Å²) >= 11 is 0. The standard InChI is InChI=1S/C15H18F3NO3S/c1-10(9-23(2,21)22)19(13-7-8-13)14(20)11-3-5-12(6-4-11)15(16,17)18/h3-6,10,13H,7-9H2,1-2H3/t10-/m1/s1. The lowest BCUT2D eigenvalue weighted by atomic mass is 10.1. The summed E-state index contributed by atoms with van der Waals surface area (Å²) in [5.74, 6) is -0.604. The van der Waals surface area contributed by atoms with Gasteiger partial charge in [-0.1, -0.05) is 0 Å². The second-order valence-electron chi connectivity index (χ2n) is 5.96. The average molecular weight is 349 g/mol. The van der Waals surface area contributed by atoms with E-state index in [-0.39, 0.29) is 17.4 Å². The minimum Gasteiger partial charge on any atom is -0.332 e. The quantitative estimate of drug-likeness (QED) is 0.821. The number of hydrogen-bond acceptors (Lipinski definition) is 3. The van der Waals surface area contributed by atoms with Crippen molar-refractivity contribution in [2.24, 2.45) is 0 Å². The van der Waals surface area contributed by atoms with E-state index in [1.165, 1.54) is 4.90 Å². The maximum absolute atomic E-state index is 12.6. The Morgan fingerprint density at radius 1 is 1.26 bits per heavy atom. The fraction of sp³-hybridized carbons (Fsp3) is 0.533. The molecule has 1 amide bonds. The van der Waals surface area contributed by atoms with E-state index in [0.29, 0.717) is 0 Å². The first kappa shape index (κ1) is 17.8. The van der Waals surface area contributed by atoms with E-state index in [2.05, 4.69) is 0 Å². The topological polar surface area (TPSA) is 54.5 Å². The molecule has 0 heterocycles. The number of carbonyl (C=O) groups is 1. The largest absolute Gasteiger partial charge is 0.416 e. The predicted molar refractivity (Wildman–Crippen MR) is 79.8 cm³/mol. The van der Waals surface area contributed by atoms with Crippen LogP contribution in [0.4, 0.5) is 13.2 Å². The second-order valence-corrected chi connectivity index (χ2v) is 8.14. The molecule has 4 nitrogen and oxygen atoms in total. The Hall–Kier alpha value is -1.57. The molecule has 0 bridgehead atoms. The van der Waals surface area contributed by atoms with Gasteiger partial charge in [0.1, 0.15) is 9.84 Å². The van der Waals surface area contributed by atoms with E-state index in [1.807, 2.05) is 0 Å². The number of carbonyl (C=O) groups excluding carboxylic acids is 1. The van der Waals surface area contributed by atoms with Crippen molar-refractivity contribution in [2.75, 3.05) is 12.0 Å². The molecule has 8 heteroatoms. The molecule has 1 aliphatic rings. The van der Waals surface area contributed by atoms with Gasteiger partial charge in [-0.2, -0.15) is 13.2 Å². The van der Waals surface area contributed by atoms with E-state index >= 15 is 0 Å². The Labute approximate surface area is 133 Å². The molecule has 1 aliphatic carbocycles. The summed E-state index contributed by atoms with van der Waals surface area (Å²) in [6.07, 6.45) is -1.81. The molecule has 1 atom stereocenters. The van der Waals surface area contributed by atoms with Gasteiger partial charge in [0.25, 0.3) is 5.91 Å². The van der Waals surface area contributed by atoms with Crippen LogP contribution in [0.5, 0.6) is 0 Å². The molecule has 1 aromatic rings. The highest BCUT2D eigenvalue weighted by Crippen LogP contribution is 2.32. The highest BCUT2D eigenvalue weighted by Gasteiger charge is 2.37. The lowest BCUT2D eigenvalue weighted by Crippen LogP contribution is -2.43. The molecule has 0 aromatic heterocycles. The number of benzene rings is 1. The third-order valence-corrected chi connectivity index (χ3v) is 4.74. The highest BCUT2D eigenvalue weighted by molar-refractivity contribution is 7.90. The third kappa shape index (κ3) is 4.70. The molecule has 128 valence electrons. The maximum Gasteiger partial charge on any atom is 0.416 e. The van der Waals surface area contributed by atoms with E-state index < -0.39 is 33.5 Å². The van der Waals surface area contributed by atoms with Gasteiger partial charge in [-0.25, -0.2) is 8.42 Å². The van der Waals surface area contributed by atoms with Gasteiger partial charge in [0, 0.05) is 23.9 Å². The van der Waals surface area contributed by atoms with Gasteiger partial charge in [-0.15, -0.1) is 0 Å². The SMILES string of the molecule is C[C@H](CS(C)(=O)=O)N(C(=O)c1ccc(C(F)(F)F)cc1)C1CC1. The summed E-state index contributed by atoms with van der Waals surface area (Å²) in [4.78, 5) is 14.0. The molecule has 0 spiro atoms. The van der Waals surface area contributed by atoms with Crippen LogP contribution in [0.15, 0.2) is 24.3 Å². The van der Waals surface area contributed by atoms with Crippen LogP contribution in [0.1, 0.15) is 35.7 Å². The van der Waals surface area contributed by atoms with E-state index in [9.17, 15) is 26.4 Å². The van der Waals surface area contributed by atoms with Gasteiger partial charge in [0.15, 0.2) is 0 Å². The van der Waals surface area contributed by atoms with Crippen LogP contribution in [0.3, 0.4) is 0 Å². The fourth-order valence-electron chi connectivity index (χ4n) is 2.55. The lowest BCUT2D eigenvalue weighted by molar-refractivity contribution is -0.137. The van der Waals surface area contributed by atoms with Crippen LogP contribution >= 0.6 is 0 Å². The van der Waals surface area contributed by atoms with Crippen molar-refractivity contribution in [3.05, 3.63) is 35.4 Å². The maximum atomic E-state index is 12.6. The number of rotatable bonds is 5. The highest BCUT2D eigenvalue weighted by atomic mass is 32.2. The van der Waals surface area contributed by atoms with Gasteiger partial charge in [0.2, 0.25) is 0 Å². The number of halogens is 3. The van der Waals surface area contributed by atoms with Crippen molar-refractivity contribution >= 4 is 15.7 Å². The number of amides is 1. The Kier molecular flexibility index (Phi) is 4.75. The van der Waals surface area contributed by atoms with Gasteiger partial charge in [-0.3, -0.25) is 4.79 Å². The van der Waals surface area contributed by atoms with Crippen molar-refractivity contribution in [1.29, 1.82) is 0 Å². The van der Waals surface area contributed by atoms with Crippen LogP contribution in [0.25, 0.3) is 0 Å². The molecule has 23 heavy (non-hydrogen) atoms. The number of alkyl halides is 3. The molecule has 0 N–H and O–H groups in total. The molecule has 0 saturated heterocycles. The van der Waals surface area contributed by atoms with Gasteiger partial charge in [-0.05, 0) is 44.0 Å². The minimum atomic E-state index is -4.46. The van der Waals surface area contributed by atoms with Crippen molar-refractivity contribution < 1.29 is 26.4 Å². The zero-order valence-corrected chi connectivity index (χ0v) is 13.6. The summed E-state index contributed by atoms with van der Waals surface area (Å²) in [6, 6.07) is 3.43. The van der Waals surface area contributed by atoms with Gasteiger partial charge >= 0.3 is 6.18 Å². The fourth-order valence-corrected chi connectivity index (χ4v) is 3.58. The molecule has 2 rings (SSSR count). The smallest absolute Gasteiger partial charge is 0.332 e. The Balaban J connectivity index is 2.21. The normalized spacial score (nSPS) is 16.9. The average Bonchev–Trinajstić information content (AvgIpc) is 3.20. The second kappa shape index (κ2) is 6.14. The van der Waals surface area contributed by atoms with Crippen molar-refractivity contribution in [2.45, 2.75) is 38.0 Å². The first-order valence-corrected chi connectivity index (χ1v) is 9.23. The van der Waals surface area contributed by atoms with E-state index in [1.54, 1.807) is 6.92 Å². The van der Waals surface area contributed by atoms with Crippen molar-refractivity contribution in [3.63, 3.8) is 0 Å². The van der Waals surface area contributed by atoms with Gasteiger partial charge in [0.05, 0.1) is 11.3 Å². The molecular formula is C15H18F3NO3S. The Morgan fingerprint density at radius 3 is 2.17 bits per heavy atom. The summed E-state index contributed by atoms with van der Waals surface area (Å²) in [5.41, 5.74) is -0.693. The Morgan fingerprint density at radius 2 is 1.78 bits per heavy atom. The van der Waals surface area contributed by atoms with Crippen LogP contribution in [0.2, 0.25) is 0 Å². The van der Waals surface area contributed by atoms with Crippen LogP contribution in [0, 0.1) is 0 Å². The van der Waals surface area contributed by atoms with E-state index in [4.69, 9.17) is 0 Å². The summed E-state index contributed by atoms with van der Waals surface area (Å²) < 4.78 is 60.6. The molecule has 0 aliphatic heterocycles. The monoisotopic (exact) mass is 349 g/mol. The van der Waals surface area contributed by atoms with Crippen molar-refractivity contribution in [1.82, 2.24) is 4.90 Å². The van der Waals surface area contributed by atoms with Crippen LogP contribution < -0.4 is 0 Å². The number of nitrogens with zero attached hydrogens (tertiary/aromatic N) is 1.